The zero-order valence-electron chi connectivity index (χ0n) is 15.1. The van der Waals surface area contributed by atoms with Gasteiger partial charge in [-0.1, -0.05) is 18.2 Å². The van der Waals surface area contributed by atoms with E-state index in [9.17, 15) is 18.0 Å². The first-order valence-corrected chi connectivity index (χ1v) is 9.62. The maximum absolute atomic E-state index is 12.9. The molecule has 0 fully saturated rings. The summed E-state index contributed by atoms with van der Waals surface area (Å²) >= 11 is 0. The molecule has 0 unspecified atom stereocenters. The third-order valence-corrected chi connectivity index (χ3v) is 5.80. The first kappa shape index (κ1) is 20.5. The molecule has 0 N–H and O–H groups in total. The fourth-order valence-corrected chi connectivity index (χ4v) is 4.01. The molecule has 1 aliphatic heterocycles. The number of hydrogen-bond acceptors (Lipinski definition) is 8. The molecule has 0 aliphatic carbocycles. The fraction of sp³-hybridized carbons (Fsp3) is 0.333. The van der Waals surface area contributed by atoms with Gasteiger partial charge in [0.05, 0.1) is 25.7 Å². The lowest BCUT2D eigenvalue weighted by molar-refractivity contribution is -0.142. The minimum atomic E-state index is -4.02. The highest BCUT2D eigenvalue weighted by atomic mass is 32.2. The molecule has 9 heteroatoms. The van der Waals surface area contributed by atoms with Gasteiger partial charge in [-0.2, -0.15) is 0 Å². The Hall–Kier alpha value is -2.81. The summed E-state index contributed by atoms with van der Waals surface area (Å²) in [4.78, 5) is 24.0. The van der Waals surface area contributed by atoms with Crippen LogP contribution in [0.15, 0.2) is 58.6 Å². The van der Waals surface area contributed by atoms with E-state index in [2.05, 4.69) is 0 Å². The van der Waals surface area contributed by atoms with Gasteiger partial charge in [-0.05, 0) is 31.6 Å². The average Bonchev–Trinajstić information content (AvgIpc) is 2.97. The zero-order valence-corrected chi connectivity index (χ0v) is 15.9. The zero-order chi connectivity index (χ0) is 20.0. The van der Waals surface area contributed by atoms with Crippen LogP contribution in [0.25, 0.3) is 0 Å². The Kier molecular flexibility index (Phi) is 6.62. The molecule has 0 saturated carbocycles. The van der Waals surface area contributed by atoms with E-state index in [1.807, 2.05) is 0 Å². The number of benzene rings is 1. The summed E-state index contributed by atoms with van der Waals surface area (Å²) in [5.41, 5.74) is 0. The van der Waals surface area contributed by atoms with E-state index in [0.29, 0.717) is 0 Å². The van der Waals surface area contributed by atoms with Crippen LogP contribution in [-0.4, -0.2) is 46.4 Å². The second kappa shape index (κ2) is 8.72. The maximum Gasteiger partial charge on any atom is 0.383 e. The topological polar surface area (TPSA) is 105 Å². The summed E-state index contributed by atoms with van der Waals surface area (Å²) in [5, 5.41) is -1.50. The number of hydrogen-bond donors (Lipinski definition) is 0. The number of carbonyl (C=O) groups is 2. The van der Waals surface area contributed by atoms with E-state index in [4.69, 9.17) is 18.9 Å². The molecule has 0 spiro atoms. The molecule has 1 aliphatic rings. The van der Waals surface area contributed by atoms with Crippen molar-refractivity contribution in [1.29, 1.82) is 0 Å². The number of cyclic esters (lactones) is 1. The predicted molar refractivity (Wildman–Crippen MR) is 93.9 cm³/mol. The Labute approximate surface area is 157 Å². The number of sulfone groups is 1. The van der Waals surface area contributed by atoms with E-state index in [0.717, 1.165) is 0 Å². The first-order chi connectivity index (χ1) is 12.9. The van der Waals surface area contributed by atoms with Crippen molar-refractivity contribution in [2.24, 2.45) is 0 Å². The highest BCUT2D eigenvalue weighted by molar-refractivity contribution is 7.92. The monoisotopic (exact) mass is 396 g/mol. The molecule has 1 aromatic rings. The van der Waals surface area contributed by atoms with E-state index >= 15 is 0 Å². The molecule has 1 aromatic carbocycles. The molecule has 0 bridgehead atoms. The van der Waals surface area contributed by atoms with E-state index < -0.39 is 27.0 Å². The summed E-state index contributed by atoms with van der Waals surface area (Å²) < 4.78 is 45.7. The molecule has 1 atom stereocenters. The van der Waals surface area contributed by atoms with Gasteiger partial charge in [0.2, 0.25) is 5.76 Å². The van der Waals surface area contributed by atoms with Gasteiger partial charge in [-0.15, -0.1) is 0 Å². The van der Waals surface area contributed by atoms with Gasteiger partial charge in [0.25, 0.3) is 5.76 Å². The quantitative estimate of drug-likeness (QED) is 0.612. The lowest BCUT2D eigenvalue weighted by atomic mass is 10.2. The number of carbonyl (C=O) groups excluding carboxylic acids is 2. The van der Waals surface area contributed by atoms with Crippen LogP contribution in [0.1, 0.15) is 13.3 Å². The lowest BCUT2D eigenvalue weighted by Crippen LogP contribution is -2.32. The van der Waals surface area contributed by atoms with Crippen molar-refractivity contribution in [2.45, 2.75) is 23.5 Å². The van der Waals surface area contributed by atoms with Crippen molar-refractivity contribution in [2.75, 3.05) is 20.8 Å². The van der Waals surface area contributed by atoms with Gasteiger partial charge in [-0.25, -0.2) is 13.2 Å². The highest BCUT2D eigenvalue weighted by Gasteiger charge is 2.37. The SMILES string of the molecule is CCOC(=O)[C@H](CC=C1OC(=O)C(OC)=C1OC)S(=O)(=O)c1ccccc1. The van der Waals surface area contributed by atoms with Crippen LogP contribution in [0.3, 0.4) is 0 Å². The number of ether oxygens (including phenoxy) is 4. The van der Waals surface area contributed by atoms with Crippen molar-refractivity contribution in [3.8, 4) is 0 Å². The van der Waals surface area contributed by atoms with Crippen LogP contribution in [0.2, 0.25) is 0 Å². The van der Waals surface area contributed by atoms with Gasteiger partial charge in [-0.3, -0.25) is 4.79 Å². The van der Waals surface area contributed by atoms with Crippen molar-refractivity contribution in [1.82, 2.24) is 0 Å². The number of methoxy groups -OCH3 is 2. The van der Waals surface area contributed by atoms with Crippen LogP contribution in [-0.2, 0) is 38.4 Å². The largest absolute Gasteiger partial charge is 0.490 e. The molecule has 0 amide bonds. The second-order valence-electron chi connectivity index (χ2n) is 5.36. The Morgan fingerprint density at radius 1 is 1.15 bits per heavy atom. The molecule has 27 heavy (non-hydrogen) atoms. The van der Waals surface area contributed by atoms with Crippen LogP contribution in [0.4, 0.5) is 0 Å². The summed E-state index contributed by atoms with van der Waals surface area (Å²) in [7, 11) is -1.43. The molecule has 1 heterocycles. The van der Waals surface area contributed by atoms with Crippen molar-refractivity contribution in [3.63, 3.8) is 0 Å². The second-order valence-corrected chi connectivity index (χ2v) is 7.49. The summed E-state index contributed by atoms with van der Waals surface area (Å²) in [6, 6.07) is 7.58. The van der Waals surface area contributed by atoms with E-state index in [1.165, 1.54) is 32.4 Å². The van der Waals surface area contributed by atoms with Crippen molar-refractivity contribution < 1.29 is 37.0 Å². The van der Waals surface area contributed by atoms with Gasteiger partial charge in [0, 0.05) is 0 Å². The van der Waals surface area contributed by atoms with Crippen molar-refractivity contribution >= 4 is 21.8 Å². The third kappa shape index (κ3) is 4.30. The fourth-order valence-electron chi connectivity index (χ4n) is 2.47. The minimum absolute atomic E-state index is 0.00930. The molecule has 0 saturated heterocycles. The Morgan fingerprint density at radius 3 is 2.33 bits per heavy atom. The average molecular weight is 396 g/mol. The van der Waals surface area contributed by atoms with Crippen LogP contribution in [0, 0.1) is 0 Å². The number of allylic oxidation sites excluding steroid dienone is 1. The molecule has 0 radical (unpaired) electrons. The Bertz CT molecular complexity index is 868. The molecule has 8 nitrogen and oxygen atoms in total. The van der Waals surface area contributed by atoms with Gasteiger partial charge < -0.3 is 18.9 Å². The lowest BCUT2D eigenvalue weighted by Gasteiger charge is -2.15. The molecular weight excluding hydrogens is 376 g/mol. The Balaban J connectivity index is 2.39. The van der Waals surface area contributed by atoms with Gasteiger partial charge >= 0.3 is 11.9 Å². The van der Waals surface area contributed by atoms with E-state index in [-0.39, 0.29) is 35.2 Å². The van der Waals surface area contributed by atoms with Gasteiger partial charge in [0.1, 0.15) is 0 Å². The molecule has 0 aromatic heterocycles. The molecule has 146 valence electrons. The Morgan fingerprint density at radius 2 is 1.78 bits per heavy atom. The third-order valence-electron chi connectivity index (χ3n) is 3.74. The first-order valence-electron chi connectivity index (χ1n) is 8.07. The van der Waals surface area contributed by atoms with E-state index in [1.54, 1.807) is 25.1 Å². The standard InChI is InChI=1S/C18H20O8S/c1-4-25-17(19)14(27(21,22)12-8-6-5-7-9-12)11-10-13-15(23-2)16(24-3)18(20)26-13/h5-10,14H,4,11H2,1-3H3/t14-/m0/s1. The van der Waals surface area contributed by atoms with Crippen LogP contribution in [0.5, 0.6) is 0 Å². The summed E-state index contributed by atoms with van der Waals surface area (Å²) in [6.45, 7) is 1.61. The van der Waals surface area contributed by atoms with Crippen molar-refractivity contribution in [3.05, 3.63) is 53.7 Å². The number of rotatable bonds is 8. The minimum Gasteiger partial charge on any atom is -0.490 e. The normalized spacial score (nSPS) is 16.9. The molecular formula is C18H20O8S. The van der Waals surface area contributed by atoms with Crippen LogP contribution < -0.4 is 0 Å². The van der Waals surface area contributed by atoms with Crippen LogP contribution >= 0.6 is 0 Å². The smallest absolute Gasteiger partial charge is 0.383 e. The maximum atomic E-state index is 12.9. The highest BCUT2D eigenvalue weighted by Crippen LogP contribution is 2.29. The van der Waals surface area contributed by atoms with Gasteiger partial charge in [0.15, 0.2) is 20.8 Å². The number of esters is 2. The molecule has 2 rings (SSSR count). The predicted octanol–water partition coefficient (Wildman–Crippen LogP) is 1.73. The summed E-state index contributed by atoms with van der Waals surface area (Å²) in [5.74, 6) is -1.78. The summed E-state index contributed by atoms with van der Waals surface area (Å²) in [6.07, 6.45) is 1.02.